The third-order valence-corrected chi connectivity index (χ3v) is 4.49. The fourth-order valence-electron chi connectivity index (χ4n) is 3.43. The molecule has 3 rings (SSSR count). The van der Waals surface area contributed by atoms with Crippen molar-refractivity contribution in [2.45, 2.75) is 31.8 Å². The average Bonchev–Trinajstić information content (AvgIpc) is 2.85. The fourth-order valence-corrected chi connectivity index (χ4v) is 3.43. The quantitative estimate of drug-likeness (QED) is 0.826. The van der Waals surface area contributed by atoms with E-state index in [1.807, 2.05) is 6.07 Å². The van der Waals surface area contributed by atoms with Crippen molar-refractivity contribution >= 4 is 11.4 Å². The SMILES string of the molecule is COc1cc(N2CC3CCCN3CC2C)ccc1N. The van der Waals surface area contributed by atoms with Crippen LogP contribution in [0.3, 0.4) is 0 Å². The van der Waals surface area contributed by atoms with Crippen molar-refractivity contribution in [2.75, 3.05) is 37.4 Å². The van der Waals surface area contributed by atoms with Gasteiger partial charge in [0.05, 0.1) is 12.8 Å². The van der Waals surface area contributed by atoms with E-state index in [0.717, 1.165) is 24.9 Å². The van der Waals surface area contributed by atoms with Gasteiger partial charge in [0.15, 0.2) is 0 Å². The summed E-state index contributed by atoms with van der Waals surface area (Å²) in [6, 6.07) is 7.39. The second kappa shape index (κ2) is 4.93. The molecule has 2 aliphatic heterocycles. The Hall–Kier alpha value is -1.42. The van der Waals surface area contributed by atoms with Crippen LogP contribution < -0.4 is 15.4 Å². The van der Waals surface area contributed by atoms with Crippen molar-refractivity contribution in [1.82, 2.24) is 4.90 Å². The normalized spacial score (nSPS) is 27.4. The van der Waals surface area contributed by atoms with Gasteiger partial charge in [-0.2, -0.15) is 0 Å². The van der Waals surface area contributed by atoms with Gasteiger partial charge < -0.3 is 15.4 Å². The number of anilines is 2. The molecule has 1 aromatic rings. The van der Waals surface area contributed by atoms with Crippen LogP contribution >= 0.6 is 0 Å². The van der Waals surface area contributed by atoms with Crippen LogP contribution in [-0.2, 0) is 0 Å². The van der Waals surface area contributed by atoms with Crippen LogP contribution in [0.25, 0.3) is 0 Å². The maximum atomic E-state index is 5.90. The summed E-state index contributed by atoms with van der Waals surface area (Å²) in [6.45, 7) is 5.86. The molecule has 0 bridgehead atoms. The highest BCUT2D eigenvalue weighted by molar-refractivity contribution is 5.63. The van der Waals surface area contributed by atoms with Gasteiger partial charge in [-0.05, 0) is 38.4 Å². The molecule has 2 fully saturated rings. The molecule has 0 aliphatic carbocycles. The van der Waals surface area contributed by atoms with Crippen LogP contribution in [0.15, 0.2) is 18.2 Å². The highest BCUT2D eigenvalue weighted by Crippen LogP contribution is 2.32. The predicted molar refractivity (Wildman–Crippen MR) is 78.8 cm³/mol. The number of hydrogen-bond acceptors (Lipinski definition) is 4. The van der Waals surface area contributed by atoms with Gasteiger partial charge in [0, 0.05) is 36.9 Å². The van der Waals surface area contributed by atoms with Crippen molar-refractivity contribution < 1.29 is 4.74 Å². The molecular weight excluding hydrogens is 238 g/mol. The molecule has 2 N–H and O–H groups in total. The molecule has 19 heavy (non-hydrogen) atoms. The number of nitrogens with two attached hydrogens (primary N) is 1. The first-order chi connectivity index (χ1) is 9.19. The smallest absolute Gasteiger partial charge is 0.143 e. The molecule has 2 aliphatic rings. The molecule has 4 heteroatoms. The zero-order valence-electron chi connectivity index (χ0n) is 11.8. The number of benzene rings is 1. The average molecular weight is 261 g/mol. The Morgan fingerprint density at radius 1 is 1.32 bits per heavy atom. The van der Waals surface area contributed by atoms with E-state index in [4.69, 9.17) is 10.5 Å². The Labute approximate surface area is 115 Å². The summed E-state index contributed by atoms with van der Waals surface area (Å²) in [7, 11) is 1.67. The Morgan fingerprint density at radius 2 is 2.16 bits per heavy atom. The van der Waals surface area contributed by atoms with Crippen molar-refractivity contribution in [1.29, 1.82) is 0 Å². The lowest BCUT2D eigenvalue weighted by Gasteiger charge is -2.43. The number of methoxy groups -OCH3 is 1. The van der Waals surface area contributed by atoms with E-state index in [9.17, 15) is 0 Å². The highest BCUT2D eigenvalue weighted by Gasteiger charge is 2.34. The third kappa shape index (κ3) is 2.25. The number of ether oxygens (including phenoxy) is 1. The molecule has 2 saturated heterocycles. The van der Waals surface area contributed by atoms with E-state index < -0.39 is 0 Å². The molecule has 0 aromatic heterocycles. The minimum atomic E-state index is 0.544. The van der Waals surface area contributed by atoms with Gasteiger partial charge in [-0.1, -0.05) is 0 Å². The maximum Gasteiger partial charge on any atom is 0.143 e. The molecule has 2 unspecified atom stereocenters. The molecule has 2 heterocycles. The van der Waals surface area contributed by atoms with Gasteiger partial charge in [0.25, 0.3) is 0 Å². The number of hydrogen-bond donors (Lipinski definition) is 1. The van der Waals surface area contributed by atoms with Gasteiger partial charge in [-0.25, -0.2) is 0 Å². The van der Waals surface area contributed by atoms with Crippen LogP contribution in [0.5, 0.6) is 5.75 Å². The molecule has 1 aromatic carbocycles. The van der Waals surface area contributed by atoms with E-state index in [2.05, 4.69) is 28.9 Å². The Balaban J connectivity index is 1.84. The lowest BCUT2D eigenvalue weighted by Crippen LogP contribution is -2.55. The predicted octanol–water partition coefficient (Wildman–Crippen LogP) is 1.95. The molecule has 104 valence electrons. The molecule has 0 radical (unpaired) electrons. The monoisotopic (exact) mass is 261 g/mol. The zero-order valence-corrected chi connectivity index (χ0v) is 11.8. The van der Waals surface area contributed by atoms with E-state index >= 15 is 0 Å². The third-order valence-electron chi connectivity index (χ3n) is 4.49. The number of fused-ring (bicyclic) bond motifs is 1. The van der Waals surface area contributed by atoms with Crippen molar-refractivity contribution in [2.24, 2.45) is 0 Å². The van der Waals surface area contributed by atoms with Crippen LogP contribution in [0.1, 0.15) is 19.8 Å². The van der Waals surface area contributed by atoms with Crippen LogP contribution in [-0.4, -0.2) is 43.7 Å². The summed E-state index contributed by atoms with van der Waals surface area (Å²) in [5, 5.41) is 0. The molecule has 2 atom stereocenters. The van der Waals surface area contributed by atoms with Crippen LogP contribution in [0.4, 0.5) is 11.4 Å². The summed E-state index contributed by atoms with van der Waals surface area (Å²) >= 11 is 0. The summed E-state index contributed by atoms with van der Waals surface area (Å²) in [5.41, 5.74) is 7.83. The summed E-state index contributed by atoms with van der Waals surface area (Å²) in [5.74, 6) is 0.776. The summed E-state index contributed by atoms with van der Waals surface area (Å²) in [6.07, 6.45) is 2.67. The molecule has 0 spiro atoms. The summed E-state index contributed by atoms with van der Waals surface area (Å²) < 4.78 is 5.34. The van der Waals surface area contributed by atoms with Gasteiger partial charge in [0.1, 0.15) is 5.75 Å². The minimum absolute atomic E-state index is 0.544. The first-order valence-electron chi connectivity index (χ1n) is 7.13. The van der Waals surface area contributed by atoms with Crippen LogP contribution in [0.2, 0.25) is 0 Å². The van der Waals surface area contributed by atoms with Crippen molar-refractivity contribution in [3.05, 3.63) is 18.2 Å². The molecule has 0 saturated carbocycles. The van der Waals surface area contributed by atoms with E-state index in [-0.39, 0.29) is 0 Å². The van der Waals surface area contributed by atoms with Gasteiger partial charge >= 0.3 is 0 Å². The van der Waals surface area contributed by atoms with Gasteiger partial charge in [-0.15, -0.1) is 0 Å². The standard InChI is InChI=1S/C15H23N3O/c1-11-9-17-7-3-4-13(17)10-18(11)12-5-6-14(16)15(8-12)19-2/h5-6,8,11,13H,3-4,7,9-10,16H2,1-2H3. The van der Waals surface area contributed by atoms with E-state index in [1.165, 1.54) is 25.1 Å². The number of nitrogen functional groups attached to an aromatic ring is 1. The Morgan fingerprint density at radius 3 is 2.95 bits per heavy atom. The second-order valence-corrected chi connectivity index (χ2v) is 5.72. The van der Waals surface area contributed by atoms with E-state index in [0.29, 0.717) is 11.7 Å². The molecule has 4 nitrogen and oxygen atoms in total. The van der Waals surface area contributed by atoms with Crippen LogP contribution in [0, 0.1) is 0 Å². The number of nitrogens with zero attached hydrogens (tertiary/aromatic N) is 2. The lowest BCUT2D eigenvalue weighted by atomic mass is 10.1. The number of rotatable bonds is 2. The zero-order chi connectivity index (χ0) is 13.4. The Bertz CT molecular complexity index is 463. The van der Waals surface area contributed by atoms with Crippen molar-refractivity contribution in [3.63, 3.8) is 0 Å². The van der Waals surface area contributed by atoms with Crippen molar-refractivity contribution in [3.8, 4) is 5.75 Å². The molecular formula is C15H23N3O. The largest absolute Gasteiger partial charge is 0.495 e. The highest BCUT2D eigenvalue weighted by atomic mass is 16.5. The van der Waals surface area contributed by atoms with Gasteiger partial charge in [0.2, 0.25) is 0 Å². The maximum absolute atomic E-state index is 5.90. The second-order valence-electron chi connectivity index (χ2n) is 5.72. The first-order valence-corrected chi connectivity index (χ1v) is 7.13. The molecule has 0 amide bonds. The fraction of sp³-hybridized carbons (Fsp3) is 0.600. The van der Waals surface area contributed by atoms with Gasteiger partial charge in [-0.3, -0.25) is 4.90 Å². The first kappa shape index (κ1) is 12.6. The van der Waals surface area contributed by atoms with E-state index in [1.54, 1.807) is 7.11 Å². The lowest BCUT2D eigenvalue weighted by molar-refractivity contribution is 0.203. The summed E-state index contributed by atoms with van der Waals surface area (Å²) in [4.78, 5) is 5.13. The minimum Gasteiger partial charge on any atom is -0.495 e. The number of piperazine rings is 1. The Kier molecular flexibility index (Phi) is 3.27. The topological polar surface area (TPSA) is 41.7 Å².